The minimum atomic E-state index is 0.919. The van der Waals surface area contributed by atoms with Gasteiger partial charge >= 0.3 is 0 Å². The number of hydrogen-bond donors (Lipinski definition) is 0. The standard InChI is InChI=1S/C6H9NO/c1-4-5(2)7-8-6(4)3/h1-3H3. The first-order chi connectivity index (χ1) is 3.72. The summed E-state index contributed by atoms with van der Waals surface area (Å²) < 4.78 is 4.84. The van der Waals surface area contributed by atoms with E-state index >= 15 is 0 Å². The van der Waals surface area contributed by atoms with Crippen molar-refractivity contribution < 1.29 is 4.52 Å². The van der Waals surface area contributed by atoms with Gasteiger partial charge in [-0.3, -0.25) is 0 Å². The van der Waals surface area contributed by atoms with Crippen molar-refractivity contribution in [2.45, 2.75) is 20.8 Å². The molecule has 44 valence electrons. The van der Waals surface area contributed by atoms with Gasteiger partial charge in [0.05, 0.1) is 5.69 Å². The van der Waals surface area contributed by atoms with Gasteiger partial charge in [-0.15, -0.1) is 0 Å². The van der Waals surface area contributed by atoms with Crippen molar-refractivity contribution in [2.75, 3.05) is 0 Å². The van der Waals surface area contributed by atoms with Gasteiger partial charge in [0.25, 0.3) is 0 Å². The third-order valence-electron chi connectivity index (χ3n) is 1.39. The van der Waals surface area contributed by atoms with E-state index in [0.29, 0.717) is 0 Å². The van der Waals surface area contributed by atoms with Gasteiger partial charge in [0.15, 0.2) is 0 Å². The lowest BCUT2D eigenvalue weighted by Gasteiger charge is -1.80. The molecule has 0 spiro atoms. The van der Waals surface area contributed by atoms with Crippen LogP contribution in [-0.4, -0.2) is 5.16 Å². The van der Waals surface area contributed by atoms with Crippen LogP contribution in [0.1, 0.15) is 17.0 Å². The number of aryl methyl sites for hydroxylation is 2. The highest BCUT2D eigenvalue weighted by atomic mass is 16.5. The first-order valence-electron chi connectivity index (χ1n) is 2.61. The second-order valence-electron chi connectivity index (χ2n) is 1.95. The van der Waals surface area contributed by atoms with Crippen molar-refractivity contribution in [2.24, 2.45) is 0 Å². The second-order valence-corrected chi connectivity index (χ2v) is 1.95. The van der Waals surface area contributed by atoms with Crippen LogP contribution in [-0.2, 0) is 0 Å². The topological polar surface area (TPSA) is 26.0 Å². The summed E-state index contributed by atoms with van der Waals surface area (Å²) in [5.41, 5.74) is 2.15. The van der Waals surface area contributed by atoms with Gasteiger partial charge in [-0.25, -0.2) is 0 Å². The number of nitrogens with zero attached hydrogens (tertiary/aromatic N) is 1. The molecule has 0 saturated carbocycles. The molecular weight excluding hydrogens is 102 g/mol. The summed E-state index contributed by atoms with van der Waals surface area (Å²) in [4.78, 5) is 0. The Hall–Kier alpha value is -0.790. The zero-order chi connectivity index (χ0) is 6.15. The van der Waals surface area contributed by atoms with E-state index in [1.807, 2.05) is 20.8 Å². The fraction of sp³-hybridized carbons (Fsp3) is 0.500. The van der Waals surface area contributed by atoms with E-state index in [4.69, 9.17) is 4.52 Å². The summed E-state index contributed by atoms with van der Waals surface area (Å²) in [6.07, 6.45) is 0. The van der Waals surface area contributed by atoms with Crippen molar-refractivity contribution in [1.82, 2.24) is 5.16 Å². The molecule has 0 aliphatic carbocycles. The zero-order valence-electron chi connectivity index (χ0n) is 5.36. The Bertz CT molecular complexity index is 171. The molecule has 0 atom stereocenters. The molecule has 2 heteroatoms. The third-order valence-corrected chi connectivity index (χ3v) is 1.39. The maximum Gasteiger partial charge on any atom is 0.136 e. The van der Waals surface area contributed by atoms with Gasteiger partial charge in [-0.1, -0.05) is 5.16 Å². The predicted molar refractivity (Wildman–Crippen MR) is 30.7 cm³/mol. The Morgan fingerprint density at radius 2 is 1.88 bits per heavy atom. The second kappa shape index (κ2) is 1.62. The van der Waals surface area contributed by atoms with Crippen LogP contribution in [0, 0.1) is 20.8 Å². The molecule has 1 aromatic heterocycles. The summed E-state index contributed by atoms with van der Waals surface area (Å²) in [7, 11) is 0. The molecule has 0 radical (unpaired) electrons. The van der Waals surface area contributed by atoms with E-state index in [2.05, 4.69) is 5.16 Å². The molecule has 1 aromatic rings. The Kier molecular flexibility index (Phi) is 1.08. The molecule has 2 nitrogen and oxygen atoms in total. The van der Waals surface area contributed by atoms with E-state index in [1.54, 1.807) is 0 Å². The SMILES string of the molecule is Cc1noc(C)c1C. The molecule has 1 heterocycles. The largest absolute Gasteiger partial charge is 0.361 e. The van der Waals surface area contributed by atoms with E-state index in [9.17, 15) is 0 Å². The molecule has 8 heavy (non-hydrogen) atoms. The normalized spacial score (nSPS) is 9.88. The minimum Gasteiger partial charge on any atom is -0.361 e. The maximum absolute atomic E-state index is 4.84. The first-order valence-corrected chi connectivity index (χ1v) is 2.61. The molecule has 0 aromatic carbocycles. The fourth-order valence-electron chi connectivity index (χ4n) is 0.529. The monoisotopic (exact) mass is 111 g/mol. The van der Waals surface area contributed by atoms with Crippen LogP contribution in [0.15, 0.2) is 4.52 Å². The van der Waals surface area contributed by atoms with Crippen LogP contribution in [0.5, 0.6) is 0 Å². The van der Waals surface area contributed by atoms with Gasteiger partial charge in [-0.2, -0.15) is 0 Å². The molecule has 1 rings (SSSR count). The molecule has 0 aliphatic rings. The Labute approximate surface area is 48.5 Å². The summed E-state index contributed by atoms with van der Waals surface area (Å²) in [6.45, 7) is 5.85. The summed E-state index contributed by atoms with van der Waals surface area (Å²) in [6, 6.07) is 0. The molecule has 0 saturated heterocycles. The van der Waals surface area contributed by atoms with Crippen LogP contribution in [0.25, 0.3) is 0 Å². The van der Waals surface area contributed by atoms with Gasteiger partial charge < -0.3 is 4.52 Å². The van der Waals surface area contributed by atoms with E-state index < -0.39 is 0 Å². The average molecular weight is 111 g/mol. The van der Waals surface area contributed by atoms with Crippen molar-refractivity contribution in [3.8, 4) is 0 Å². The Balaban J connectivity index is 3.19. The van der Waals surface area contributed by atoms with E-state index in [-0.39, 0.29) is 0 Å². The predicted octanol–water partition coefficient (Wildman–Crippen LogP) is 1.60. The van der Waals surface area contributed by atoms with Crippen LogP contribution in [0.4, 0.5) is 0 Å². The lowest BCUT2D eigenvalue weighted by molar-refractivity contribution is 0.392. The Morgan fingerprint density at radius 3 is 2.00 bits per heavy atom. The number of aromatic nitrogens is 1. The van der Waals surface area contributed by atoms with Gasteiger partial charge in [0.2, 0.25) is 0 Å². The fourth-order valence-corrected chi connectivity index (χ4v) is 0.529. The number of hydrogen-bond acceptors (Lipinski definition) is 2. The zero-order valence-corrected chi connectivity index (χ0v) is 5.36. The molecule has 0 unspecified atom stereocenters. The van der Waals surface area contributed by atoms with Gasteiger partial charge in [0, 0.05) is 5.56 Å². The third kappa shape index (κ3) is 0.619. The highest BCUT2D eigenvalue weighted by Gasteiger charge is 1.99. The van der Waals surface area contributed by atoms with Crippen molar-refractivity contribution in [3.63, 3.8) is 0 Å². The molecular formula is C6H9NO. The highest BCUT2D eigenvalue weighted by molar-refractivity contribution is 5.17. The van der Waals surface area contributed by atoms with E-state index in [1.165, 1.54) is 0 Å². The van der Waals surface area contributed by atoms with E-state index in [0.717, 1.165) is 17.0 Å². The van der Waals surface area contributed by atoms with Crippen molar-refractivity contribution >= 4 is 0 Å². The van der Waals surface area contributed by atoms with Crippen molar-refractivity contribution in [1.29, 1.82) is 0 Å². The van der Waals surface area contributed by atoms with Crippen LogP contribution in [0.2, 0.25) is 0 Å². The summed E-state index contributed by atoms with van der Waals surface area (Å²) in [5.74, 6) is 0.919. The maximum atomic E-state index is 4.84. The minimum absolute atomic E-state index is 0.919. The smallest absolute Gasteiger partial charge is 0.136 e. The average Bonchev–Trinajstić information content (AvgIpc) is 1.98. The highest BCUT2D eigenvalue weighted by Crippen LogP contribution is 2.08. The molecule has 0 amide bonds. The van der Waals surface area contributed by atoms with Gasteiger partial charge in [-0.05, 0) is 20.8 Å². The van der Waals surface area contributed by atoms with Crippen LogP contribution >= 0.6 is 0 Å². The number of rotatable bonds is 0. The van der Waals surface area contributed by atoms with Gasteiger partial charge in [0.1, 0.15) is 5.76 Å². The molecule has 0 fully saturated rings. The molecule has 0 aliphatic heterocycles. The lowest BCUT2D eigenvalue weighted by Crippen LogP contribution is -1.73. The molecule has 0 bridgehead atoms. The first kappa shape index (κ1) is 5.35. The quantitative estimate of drug-likeness (QED) is 0.508. The summed E-state index contributed by atoms with van der Waals surface area (Å²) >= 11 is 0. The van der Waals surface area contributed by atoms with Crippen LogP contribution < -0.4 is 0 Å². The Morgan fingerprint density at radius 1 is 1.25 bits per heavy atom. The lowest BCUT2D eigenvalue weighted by atomic mass is 10.2. The molecule has 0 N–H and O–H groups in total. The van der Waals surface area contributed by atoms with Crippen molar-refractivity contribution in [3.05, 3.63) is 17.0 Å². The van der Waals surface area contributed by atoms with Crippen LogP contribution in [0.3, 0.4) is 0 Å². The summed E-state index contributed by atoms with van der Waals surface area (Å²) in [5, 5.41) is 3.74.